The van der Waals surface area contributed by atoms with Gasteiger partial charge in [-0.3, -0.25) is 16.3 Å². The molecule has 0 radical (unpaired) electrons. The quantitative estimate of drug-likeness (QED) is 0.622. The highest BCUT2D eigenvalue weighted by Gasteiger charge is 2.28. The first-order valence-electron chi connectivity index (χ1n) is 6.06. The van der Waals surface area contributed by atoms with Crippen molar-refractivity contribution in [2.24, 2.45) is 11.8 Å². The molecule has 2 aromatic rings. The second-order valence-corrected chi connectivity index (χ2v) is 4.62. The number of hydrazine groups is 1. The number of para-hydroxylation sites is 2. The van der Waals surface area contributed by atoms with Crippen molar-refractivity contribution in [1.82, 2.24) is 15.4 Å². The minimum Gasteiger partial charge on any atom is -0.271 e. The van der Waals surface area contributed by atoms with Gasteiger partial charge >= 0.3 is 0 Å². The van der Waals surface area contributed by atoms with Crippen molar-refractivity contribution >= 4 is 11.0 Å². The zero-order chi connectivity index (χ0) is 11.7. The molecule has 1 fully saturated rings. The van der Waals surface area contributed by atoms with Gasteiger partial charge in [0.25, 0.3) is 0 Å². The van der Waals surface area contributed by atoms with E-state index in [0.29, 0.717) is 5.92 Å². The maximum atomic E-state index is 5.64. The number of benzene rings is 1. The lowest BCUT2D eigenvalue weighted by molar-refractivity contribution is 0.228. The second kappa shape index (κ2) is 4.39. The Morgan fingerprint density at radius 3 is 2.65 bits per heavy atom. The Morgan fingerprint density at radius 1 is 1.24 bits per heavy atom. The molecule has 1 atom stereocenters. The molecule has 0 aliphatic heterocycles. The number of rotatable bonds is 3. The van der Waals surface area contributed by atoms with E-state index in [1.807, 2.05) is 30.5 Å². The highest BCUT2D eigenvalue weighted by Crippen LogP contribution is 2.36. The monoisotopic (exact) mass is 228 g/mol. The van der Waals surface area contributed by atoms with Crippen LogP contribution >= 0.6 is 0 Å². The number of aromatic nitrogens is 2. The van der Waals surface area contributed by atoms with Crippen molar-refractivity contribution in [2.45, 2.75) is 25.3 Å². The summed E-state index contributed by atoms with van der Waals surface area (Å²) in [5.41, 5.74) is 5.70. The van der Waals surface area contributed by atoms with Gasteiger partial charge in [-0.2, -0.15) is 0 Å². The topological polar surface area (TPSA) is 63.8 Å². The Bertz CT molecular complexity index is 522. The standard InChI is InChI=1S/C13H16N4/c14-17-13(9-4-3-5-9)12-8-15-10-6-1-2-7-11(10)16-12/h1-2,6-9,13,17H,3-5,14H2. The fraction of sp³-hybridized carbons (Fsp3) is 0.385. The number of hydrogen-bond acceptors (Lipinski definition) is 4. The fourth-order valence-corrected chi connectivity index (χ4v) is 2.36. The lowest BCUT2D eigenvalue weighted by atomic mass is 9.79. The third-order valence-corrected chi connectivity index (χ3v) is 3.59. The largest absolute Gasteiger partial charge is 0.271 e. The molecule has 3 rings (SSSR count). The Morgan fingerprint density at radius 2 is 2.00 bits per heavy atom. The molecule has 1 aliphatic carbocycles. The van der Waals surface area contributed by atoms with Crippen LogP contribution < -0.4 is 11.3 Å². The van der Waals surface area contributed by atoms with Crippen LogP contribution in [0.2, 0.25) is 0 Å². The van der Waals surface area contributed by atoms with Gasteiger partial charge in [0.1, 0.15) is 0 Å². The van der Waals surface area contributed by atoms with Crippen LogP contribution in [-0.2, 0) is 0 Å². The molecule has 0 spiro atoms. The average Bonchev–Trinajstić information content (AvgIpc) is 2.33. The average molecular weight is 228 g/mol. The Hall–Kier alpha value is -1.52. The highest BCUT2D eigenvalue weighted by atomic mass is 15.2. The zero-order valence-corrected chi connectivity index (χ0v) is 9.63. The molecule has 3 N–H and O–H groups in total. The molecule has 4 nitrogen and oxygen atoms in total. The van der Waals surface area contributed by atoms with Crippen LogP contribution in [0.4, 0.5) is 0 Å². The predicted octanol–water partition coefficient (Wildman–Crippen LogP) is 1.93. The first kappa shape index (κ1) is 10.6. The number of fused-ring (bicyclic) bond motifs is 1. The molecular weight excluding hydrogens is 212 g/mol. The van der Waals surface area contributed by atoms with E-state index < -0.39 is 0 Å². The lowest BCUT2D eigenvalue weighted by Gasteiger charge is -2.32. The van der Waals surface area contributed by atoms with E-state index in [0.717, 1.165) is 16.7 Å². The molecular formula is C13H16N4. The van der Waals surface area contributed by atoms with Crippen LogP contribution in [0.5, 0.6) is 0 Å². The third kappa shape index (κ3) is 1.90. The maximum absolute atomic E-state index is 5.64. The fourth-order valence-electron chi connectivity index (χ4n) is 2.36. The van der Waals surface area contributed by atoms with Gasteiger partial charge in [-0.25, -0.2) is 4.98 Å². The molecule has 1 aliphatic rings. The normalized spacial score (nSPS) is 17.9. The van der Waals surface area contributed by atoms with Gasteiger partial charge in [-0.15, -0.1) is 0 Å². The highest BCUT2D eigenvalue weighted by molar-refractivity contribution is 5.73. The SMILES string of the molecule is NNC(c1cnc2ccccc2n1)C1CCC1. The summed E-state index contributed by atoms with van der Waals surface area (Å²) < 4.78 is 0. The summed E-state index contributed by atoms with van der Waals surface area (Å²) in [6.07, 6.45) is 5.59. The zero-order valence-electron chi connectivity index (χ0n) is 9.63. The summed E-state index contributed by atoms with van der Waals surface area (Å²) in [5.74, 6) is 6.25. The minimum atomic E-state index is 0.140. The van der Waals surface area contributed by atoms with Crippen LogP contribution in [0.15, 0.2) is 30.5 Å². The van der Waals surface area contributed by atoms with Crippen molar-refractivity contribution < 1.29 is 0 Å². The number of hydrogen-bond donors (Lipinski definition) is 2. The van der Waals surface area contributed by atoms with Gasteiger partial charge < -0.3 is 0 Å². The maximum Gasteiger partial charge on any atom is 0.0890 e. The molecule has 4 heteroatoms. The van der Waals surface area contributed by atoms with Crippen LogP contribution in [0.3, 0.4) is 0 Å². The van der Waals surface area contributed by atoms with Gasteiger partial charge in [0, 0.05) is 0 Å². The van der Waals surface area contributed by atoms with Gasteiger partial charge in [0.2, 0.25) is 0 Å². The van der Waals surface area contributed by atoms with Crippen molar-refractivity contribution in [2.75, 3.05) is 0 Å². The van der Waals surface area contributed by atoms with Crippen molar-refractivity contribution in [1.29, 1.82) is 0 Å². The summed E-state index contributed by atoms with van der Waals surface area (Å²) in [6, 6.07) is 8.05. The lowest BCUT2D eigenvalue weighted by Crippen LogP contribution is -2.37. The van der Waals surface area contributed by atoms with Crippen LogP contribution in [-0.4, -0.2) is 9.97 Å². The number of nitrogens with zero attached hydrogens (tertiary/aromatic N) is 2. The molecule has 0 bridgehead atoms. The van der Waals surface area contributed by atoms with E-state index in [1.165, 1.54) is 19.3 Å². The summed E-state index contributed by atoms with van der Waals surface area (Å²) in [4.78, 5) is 9.08. The smallest absolute Gasteiger partial charge is 0.0890 e. The minimum absolute atomic E-state index is 0.140. The predicted molar refractivity (Wildman–Crippen MR) is 66.9 cm³/mol. The van der Waals surface area contributed by atoms with E-state index >= 15 is 0 Å². The van der Waals surface area contributed by atoms with Gasteiger partial charge in [-0.05, 0) is 30.9 Å². The molecule has 1 aromatic heterocycles. The van der Waals surface area contributed by atoms with Crippen LogP contribution in [0.25, 0.3) is 11.0 Å². The van der Waals surface area contributed by atoms with Crippen molar-refractivity contribution in [3.63, 3.8) is 0 Å². The van der Waals surface area contributed by atoms with Gasteiger partial charge in [0.15, 0.2) is 0 Å². The first-order valence-corrected chi connectivity index (χ1v) is 6.06. The van der Waals surface area contributed by atoms with Crippen LogP contribution in [0, 0.1) is 5.92 Å². The molecule has 0 saturated heterocycles. The number of nitrogens with one attached hydrogen (secondary N) is 1. The van der Waals surface area contributed by atoms with E-state index in [1.54, 1.807) is 0 Å². The molecule has 1 aromatic carbocycles. The summed E-state index contributed by atoms with van der Waals surface area (Å²) in [6.45, 7) is 0. The van der Waals surface area contributed by atoms with Crippen molar-refractivity contribution in [3.8, 4) is 0 Å². The Labute approximate surface area is 100 Å². The third-order valence-electron chi connectivity index (χ3n) is 3.59. The molecule has 0 amide bonds. The molecule has 1 saturated carbocycles. The Kier molecular flexibility index (Phi) is 2.74. The van der Waals surface area contributed by atoms with Gasteiger partial charge in [0.05, 0.1) is 29.0 Å². The van der Waals surface area contributed by atoms with Gasteiger partial charge in [-0.1, -0.05) is 18.6 Å². The second-order valence-electron chi connectivity index (χ2n) is 4.62. The molecule has 1 heterocycles. The first-order chi connectivity index (χ1) is 8.38. The van der Waals surface area contributed by atoms with Crippen molar-refractivity contribution in [3.05, 3.63) is 36.2 Å². The van der Waals surface area contributed by atoms with E-state index in [2.05, 4.69) is 15.4 Å². The van der Waals surface area contributed by atoms with E-state index in [4.69, 9.17) is 5.84 Å². The Balaban J connectivity index is 1.98. The molecule has 88 valence electrons. The van der Waals surface area contributed by atoms with E-state index in [9.17, 15) is 0 Å². The molecule has 1 unspecified atom stereocenters. The summed E-state index contributed by atoms with van der Waals surface area (Å²) in [5, 5.41) is 0. The molecule has 17 heavy (non-hydrogen) atoms. The van der Waals surface area contributed by atoms with Crippen LogP contribution in [0.1, 0.15) is 31.0 Å². The van der Waals surface area contributed by atoms with E-state index in [-0.39, 0.29) is 6.04 Å². The number of nitrogens with two attached hydrogens (primary N) is 1. The summed E-state index contributed by atoms with van der Waals surface area (Å²) in [7, 11) is 0. The summed E-state index contributed by atoms with van der Waals surface area (Å²) >= 11 is 0.